The molecule has 1 saturated heterocycles. The van der Waals surface area contributed by atoms with Gasteiger partial charge < -0.3 is 15.2 Å². The van der Waals surface area contributed by atoms with E-state index in [1.807, 2.05) is 18.7 Å². The molecule has 6 nitrogen and oxygen atoms in total. The smallest absolute Gasteiger partial charge is 0.308 e. The number of ether oxygens (including phenoxy) is 1. The fourth-order valence-electron chi connectivity index (χ4n) is 2.41. The lowest BCUT2D eigenvalue weighted by Gasteiger charge is -2.28. The van der Waals surface area contributed by atoms with Gasteiger partial charge in [0.25, 0.3) is 0 Å². The minimum atomic E-state index is -0.781. The molecule has 3 atom stereocenters. The van der Waals surface area contributed by atoms with Crippen LogP contribution in [-0.4, -0.2) is 60.8 Å². The Morgan fingerprint density at radius 1 is 1.56 bits per heavy atom. The van der Waals surface area contributed by atoms with Crippen LogP contribution in [0.25, 0.3) is 0 Å². The van der Waals surface area contributed by atoms with Crippen LogP contribution in [0.2, 0.25) is 0 Å². The van der Waals surface area contributed by atoms with Crippen molar-refractivity contribution in [1.82, 2.24) is 10.2 Å². The number of methoxy groups -OCH3 is 1. The van der Waals surface area contributed by atoms with Gasteiger partial charge in [-0.05, 0) is 20.3 Å². The molecule has 2 N–H and O–H groups in total. The highest BCUT2D eigenvalue weighted by Gasteiger charge is 2.39. The second-order valence-corrected chi connectivity index (χ2v) is 4.67. The highest BCUT2D eigenvalue weighted by atomic mass is 16.5. The van der Waals surface area contributed by atoms with E-state index < -0.39 is 5.97 Å². The summed E-state index contributed by atoms with van der Waals surface area (Å²) in [6, 6.07) is -0.410. The fourth-order valence-corrected chi connectivity index (χ4v) is 2.41. The molecular formula is C12H22N2O4. The minimum Gasteiger partial charge on any atom is -0.481 e. The first kappa shape index (κ1) is 14.9. The van der Waals surface area contributed by atoms with Gasteiger partial charge in [0.05, 0.1) is 18.6 Å². The van der Waals surface area contributed by atoms with Crippen LogP contribution in [0.4, 0.5) is 0 Å². The highest BCUT2D eigenvalue weighted by Crippen LogP contribution is 2.26. The second kappa shape index (κ2) is 6.70. The molecule has 0 radical (unpaired) electrons. The largest absolute Gasteiger partial charge is 0.481 e. The van der Waals surface area contributed by atoms with Crippen molar-refractivity contribution in [3.8, 4) is 0 Å². The molecule has 0 aromatic rings. The van der Waals surface area contributed by atoms with Gasteiger partial charge in [-0.3, -0.25) is 14.5 Å². The first-order chi connectivity index (χ1) is 8.49. The highest BCUT2D eigenvalue weighted by molar-refractivity contribution is 5.81. The monoisotopic (exact) mass is 258 g/mol. The van der Waals surface area contributed by atoms with Gasteiger partial charge in [-0.25, -0.2) is 0 Å². The molecule has 3 unspecified atom stereocenters. The van der Waals surface area contributed by atoms with Gasteiger partial charge in [0, 0.05) is 26.2 Å². The molecule has 1 fully saturated rings. The number of likely N-dealkylation sites (tertiary alicyclic amines) is 1. The van der Waals surface area contributed by atoms with Gasteiger partial charge in [-0.1, -0.05) is 0 Å². The molecule has 1 aliphatic rings. The van der Waals surface area contributed by atoms with E-state index in [2.05, 4.69) is 5.32 Å². The predicted octanol–water partition coefficient (Wildman–Crippen LogP) is -0.0675. The van der Waals surface area contributed by atoms with E-state index in [1.165, 1.54) is 0 Å². The summed E-state index contributed by atoms with van der Waals surface area (Å²) in [4.78, 5) is 24.8. The van der Waals surface area contributed by atoms with Crippen LogP contribution in [0.3, 0.4) is 0 Å². The molecule has 0 saturated carbocycles. The Labute approximate surface area is 107 Å². The van der Waals surface area contributed by atoms with Gasteiger partial charge in [0.1, 0.15) is 0 Å². The SMILES string of the molecule is COCCNC(=O)C(C)N1CCC(C(=O)O)C1C. The molecular weight excluding hydrogens is 236 g/mol. The van der Waals surface area contributed by atoms with Gasteiger partial charge in [0.2, 0.25) is 5.91 Å². The minimum absolute atomic E-state index is 0.0788. The molecule has 1 rings (SSSR count). The molecule has 1 aliphatic heterocycles. The van der Waals surface area contributed by atoms with Crippen LogP contribution in [0.15, 0.2) is 0 Å². The Kier molecular flexibility index (Phi) is 5.55. The average molecular weight is 258 g/mol. The average Bonchev–Trinajstić information content (AvgIpc) is 2.70. The summed E-state index contributed by atoms with van der Waals surface area (Å²) in [7, 11) is 1.58. The van der Waals surface area contributed by atoms with Gasteiger partial charge in [0.15, 0.2) is 0 Å². The maximum atomic E-state index is 11.9. The lowest BCUT2D eigenvalue weighted by atomic mass is 10.0. The summed E-state index contributed by atoms with van der Waals surface area (Å²) in [5, 5.41) is 11.8. The summed E-state index contributed by atoms with van der Waals surface area (Å²) < 4.78 is 4.86. The topological polar surface area (TPSA) is 78.9 Å². The summed E-state index contributed by atoms with van der Waals surface area (Å²) in [6.45, 7) is 5.28. The van der Waals surface area contributed by atoms with Crippen LogP contribution >= 0.6 is 0 Å². The van der Waals surface area contributed by atoms with Crippen LogP contribution in [0.1, 0.15) is 20.3 Å². The number of carboxylic acid groups (broad SMARTS) is 1. The number of aliphatic carboxylic acids is 1. The van der Waals surface area contributed by atoms with E-state index in [4.69, 9.17) is 9.84 Å². The summed E-state index contributed by atoms with van der Waals surface area (Å²) in [6.07, 6.45) is 0.603. The van der Waals surface area contributed by atoms with E-state index in [-0.39, 0.29) is 23.9 Å². The van der Waals surface area contributed by atoms with Crippen LogP contribution in [0, 0.1) is 5.92 Å². The zero-order chi connectivity index (χ0) is 13.7. The molecule has 104 valence electrons. The summed E-state index contributed by atoms with van der Waals surface area (Å²) in [5.41, 5.74) is 0. The number of carbonyl (C=O) groups is 2. The van der Waals surface area contributed by atoms with E-state index in [1.54, 1.807) is 7.11 Å². The second-order valence-electron chi connectivity index (χ2n) is 4.67. The number of nitrogens with zero attached hydrogens (tertiary/aromatic N) is 1. The summed E-state index contributed by atoms with van der Waals surface area (Å²) in [5.74, 6) is -1.24. The zero-order valence-corrected chi connectivity index (χ0v) is 11.2. The fraction of sp³-hybridized carbons (Fsp3) is 0.833. The van der Waals surface area contributed by atoms with Crippen molar-refractivity contribution >= 4 is 11.9 Å². The Morgan fingerprint density at radius 3 is 2.72 bits per heavy atom. The van der Waals surface area contributed by atoms with Crippen molar-refractivity contribution in [1.29, 1.82) is 0 Å². The molecule has 0 aromatic carbocycles. The third-order valence-electron chi connectivity index (χ3n) is 3.60. The van der Waals surface area contributed by atoms with E-state index in [0.717, 1.165) is 0 Å². The molecule has 0 spiro atoms. The number of hydrogen-bond donors (Lipinski definition) is 2. The molecule has 1 heterocycles. The third-order valence-corrected chi connectivity index (χ3v) is 3.60. The quantitative estimate of drug-likeness (QED) is 0.652. The maximum absolute atomic E-state index is 11.9. The third kappa shape index (κ3) is 3.43. The molecule has 0 aromatic heterocycles. The molecule has 18 heavy (non-hydrogen) atoms. The van der Waals surface area contributed by atoms with E-state index >= 15 is 0 Å². The van der Waals surface area contributed by atoms with Crippen molar-refractivity contribution in [2.24, 2.45) is 5.92 Å². The lowest BCUT2D eigenvalue weighted by molar-refractivity contribution is -0.143. The van der Waals surface area contributed by atoms with Crippen molar-refractivity contribution in [3.05, 3.63) is 0 Å². The number of hydrogen-bond acceptors (Lipinski definition) is 4. The van der Waals surface area contributed by atoms with E-state index in [9.17, 15) is 9.59 Å². The normalized spacial score (nSPS) is 25.9. The van der Waals surface area contributed by atoms with Crippen molar-refractivity contribution < 1.29 is 19.4 Å². The Bertz CT molecular complexity index is 308. The molecule has 0 aliphatic carbocycles. The van der Waals surface area contributed by atoms with E-state index in [0.29, 0.717) is 26.1 Å². The van der Waals surface area contributed by atoms with Crippen molar-refractivity contribution in [2.75, 3.05) is 26.8 Å². The maximum Gasteiger partial charge on any atom is 0.308 e. The summed E-state index contributed by atoms with van der Waals surface area (Å²) >= 11 is 0. The first-order valence-corrected chi connectivity index (χ1v) is 6.24. The number of amides is 1. The number of nitrogens with one attached hydrogen (secondary N) is 1. The Balaban J connectivity index is 2.49. The van der Waals surface area contributed by atoms with Crippen LogP contribution in [0.5, 0.6) is 0 Å². The first-order valence-electron chi connectivity index (χ1n) is 6.24. The van der Waals surface area contributed by atoms with Gasteiger partial charge in [-0.15, -0.1) is 0 Å². The predicted molar refractivity (Wildman–Crippen MR) is 66.3 cm³/mol. The number of carbonyl (C=O) groups excluding carboxylic acids is 1. The van der Waals surface area contributed by atoms with Gasteiger partial charge >= 0.3 is 5.97 Å². The number of carboxylic acids is 1. The zero-order valence-electron chi connectivity index (χ0n) is 11.2. The molecule has 1 amide bonds. The van der Waals surface area contributed by atoms with Gasteiger partial charge in [-0.2, -0.15) is 0 Å². The Hall–Kier alpha value is -1.14. The Morgan fingerprint density at radius 2 is 2.22 bits per heavy atom. The standard InChI is InChI=1S/C12H22N2O4/c1-8-10(12(16)17)4-6-14(8)9(2)11(15)13-5-7-18-3/h8-10H,4-7H2,1-3H3,(H,13,15)(H,16,17). The number of rotatable bonds is 6. The van der Waals surface area contributed by atoms with Crippen LogP contribution in [-0.2, 0) is 14.3 Å². The van der Waals surface area contributed by atoms with Crippen molar-refractivity contribution in [2.45, 2.75) is 32.4 Å². The van der Waals surface area contributed by atoms with Crippen LogP contribution < -0.4 is 5.32 Å². The molecule has 6 heteroatoms. The molecule has 0 bridgehead atoms. The lowest BCUT2D eigenvalue weighted by Crippen LogP contribution is -2.48. The van der Waals surface area contributed by atoms with Crippen molar-refractivity contribution in [3.63, 3.8) is 0 Å².